The maximum absolute atomic E-state index is 12.8. The van der Waals surface area contributed by atoms with Gasteiger partial charge in [0, 0.05) is 12.8 Å². The molecule has 0 aromatic carbocycles. The molecule has 0 bridgehead atoms. The van der Waals surface area contributed by atoms with Crippen LogP contribution in [-0.4, -0.2) is 98.3 Å². The lowest BCUT2D eigenvalue weighted by atomic mass is 9.85. The van der Waals surface area contributed by atoms with Crippen LogP contribution < -0.4 is 0 Å². The van der Waals surface area contributed by atoms with Gasteiger partial charge in [0.25, 0.3) is 0 Å². The van der Waals surface area contributed by atoms with E-state index in [-0.39, 0.29) is 12.8 Å². The van der Waals surface area contributed by atoms with Crippen molar-refractivity contribution >= 4 is 19.8 Å². The molecule has 0 heterocycles. The number of aliphatic hydroxyl groups is 5. The van der Waals surface area contributed by atoms with Crippen molar-refractivity contribution in [1.29, 1.82) is 0 Å². The Hall–Kier alpha value is -2.45. The Morgan fingerprint density at radius 3 is 1.38 bits per heavy atom. The SMILES string of the molecule is CC/C=C\C/C=C\C/C=C\CCCCCCCC(=O)OC(COC(=O)CCCCCCCCCCC/C=C\C/C=C\CCCCC)COP(=O)(O)OC1C(O)C(O)C(O)C(O)C1O. The molecule has 14 heteroatoms. The monoisotopic (exact) mass is 913 g/mol. The second-order valence-corrected chi connectivity index (χ2v) is 18.0. The summed E-state index contributed by atoms with van der Waals surface area (Å²) in [6.07, 6.45) is 34.1. The van der Waals surface area contributed by atoms with Gasteiger partial charge in [-0.2, -0.15) is 0 Å². The summed E-state index contributed by atoms with van der Waals surface area (Å²) in [5.74, 6) is -1.13. The third-order valence-corrected chi connectivity index (χ3v) is 11.8. The first-order chi connectivity index (χ1) is 30.4. The normalized spacial score (nSPS) is 22.2. The fourth-order valence-electron chi connectivity index (χ4n) is 6.98. The summed E-state index contributed by atoms with van der Waals surface area (Å²) in [6.45, 7) is 3.15. The highest BCUT2D eigenvalue weighted by Gasteiger charge is 2.51. The molecule has 1 aliphatic rings. The van der Waals surface area contributed by atoms with Crippen LogP contribution in [0.1, 0.15) is 181 Å². The number of unbranched alkanes of at least 4 members (excludes halogenated alkanes) is 17. The number of allylic oxidation sites excluding steroid dienone is 10. The summed E-state index contributed by atoms with van der Waals surface area (Å²) in [7, 11) is -5.13. The molecule has 364 valence electrons. The quantitative estimate of drug-likeness (QED) is 0.0147. The van der Waals surface area contributed by atoms with Gasteiger partial charge in [0.15, 0.2) is 6.10 Å². The molecule has 0 radical (unpaired) electrons. The topological polar surface area (TPSA) is 210 Å². The molecule has 63 heavy (non-hydrogen) atoms. The van der Waals surface area contributed by atoms with Crippen molar-refractivity contribution in [2.45, 2.75) is 224 Å². The third-order valence-electron chi connectivity index (χ3n) is 10.8. The molecule has 1 aliphatic carbocycles. The Bertz CT molecular complexity index is 1330. The van der Waals surface area contributed by atoms with Gasteiger partial charge in [0.05, 0.1) is 6.61 Å². The lowest BCUT2D eigenvalue weighted by Gasteiger charge is -2.41. The van der Waals surface area contributed by atoms with Crippen LogP contribution in [0.15, 0.2) is 60.8 Å². The zero-order chi connectivity index (χ0) is 46.4. The maximum Gasteiger partial charge on any atom is 0.472 e. The first kappa shape index (κ1) is 58.6. The van der Waals surface area contributed by atoms with Crippen LogP contribution in [-0.2, 0) is 32.7 Å². The second-order valence-electron chi connectivity index (χ2n) is 16.6. The minimum absolute atomic E-state index is 0.0741. The summed E-state index contributed by atoms with van der Waals surface area (Å²) in [4.78, 5) is 35.7. The van der Waals surface area contributed by atoms with Gasteiger partial charge in [0.2, 0.25) is 0 Å². The number of esters is 2. The summed E-state index contributed by atoms with van der Waals surface area (Å²) < 4.78 is 33.5. The molecule has 0 saturated heterocycles. The van der Waals surface area contributed by atoms with Gasteiger partial charge in [0.1, 0.15) is 43.2 Å². The number of hydrogen-bond donors (Lipinski definition) is 6. The number of ether oxygens (including phenoxy) is 2. The summed E-state index contributed by atoms with van der Waals surface area (Å²) in [6, 6.07) is 0. The number of aliphatic hydroxyl groups excluding tert-OH is 5. The molecular formula is C49H85O13P. The molecule has 0 aromatic heterocycles. The average Bonchev–Trinajstić information content (AvgIpc) is 3.26. The first-order valence-corrected chi connectivity index (χ1v) is 25.6. The van der Waals surface area contributed by atoms with E-state index in [0.717, 1.165) is 89.9 Å². The molecule has 1 rings (SSSR count). The minimum Gasteiger partial charge on any atom is -0.462 e. The van der Waals surface area contributed by atoms with Gasteiger partial charge in [-0.25, -0.2) is 4.57 Å². The summed E-state index contributed by atoms with van der Waals surface area (Å²) in [5, 5.41) is 50.2. The van der Waals surface area contributed by atoms with Crippen LogP contribution in [0.5, 0.6) is 0 Å². The van der Waals surface area contributed by atoms with Crippen LogP contribution in [0.3, 0.4) is 0 Å². The highest BCUT2D eigenvalue weighted by Crippen LogP contribution is 2.47. The van der Waals surface area contributed by atoms with Crippen molar-refractivity contribution in [3.05, 3.63) is 60.8 Å². The number of carbonyl (C=O) groups is 2. The minimum atomic E-state index is -5.13. The van der Waals surface area contributed by atoms with E-state index in [4.69, 9.17) is 18.5 Å². The van der Waals surface area contributed by atoms with Crippen molar-refractivity contribution in [2.75, 3.05) is 13.2 Å². The van der Waals surface area contributed by atoms with E-state index in [1.54, 1.807) is 0 Å². The smallest absolute Gasteiger partial charge is 0.462 e. The molecule has 0 spiro atoms. The molecule has 1 saturated carbocycles. The lowest BCUT2D eigenvalue weighted by Crippen LogP contribution is -2.64. The van der Waals surface area contributed by atoms with E-state index in [1.165, 1.54) is 51.4 Å². The highest BCUT2D eigenvalue weighted by molar-refractivity contribution is 7.47. The van der Waals surface area contributed by atoms with Crippen molar-refractivity contribution < 1.29 is 63.1 Å². The Labute approximate surface area is 379 Å². The van der Waals surface area contributed by atoms with Gasteiger partial charge in [-0.15, -0.1) is 0 Å². The molecule has 1 fully saturated rings. The van der Waals surface area contributed by atoms with Crippen molar-refractivity contribution in [2.24, 2.45) is 0 Å². The molecular weight excluding hydrogens is 828 g/mol. The second kappa shape index (κ2) is 38.8. The van der Waals surface area contributed by atoms with Gasteiger partial charge in [-0.1, -0.05) is 152 Å². The average molecular weight is 913 g/mol. The van der Waals surface area contributed by atoms with Crippen LogP contribution >= 0.6 is 7.82 Å². The van der Waals surface area contributed by atoms with Crippen LogP contribution in [0, 0.1) is 0 Å². The molecule has 0 amide bonds. The Balaban J connectivity index is 2.44. The van der Waals surface area contributed by atoms with Crippen molar-refractivity contribution in [1.82, 2.24) is 0 Å². The van der Waals surface area contributed by atoms with E-state index < -0.39 is 75.7 Å². The molecule has 13 nitrogen and oxygen atoms in total. The van der Waals surface area contributed by atoms with Crippen LogP contribution in [0.25, 0.3) is 0 Å². The standard InChI is InChI=1S/C49H85O13P/c1-3-5-7-9-11-13-15-17-19-20-21-22-24-25-27-29-31-33-35-37-42(50)59-39-41(40-60-63(57,58)62-49-47(55)45(53)44(52)46(54)48(49)56)61-43(51)38-36-34-32-30-28-26-23-18-16-14-12-10-8-6-4-2/h6,8,11-14,17-19,23,41,44-49,52-56H,3-5,7,9-10,15-16,20-22,24-40H2,1-2H3,(H,57,58)/b8-6-,13-11-,14-12-,19-17-,23-18-. The van der Waals surface area contributed by atoms with Crippen LogP contribution in [0.4, 0.5) is 0 Å². The van der Waals surface area contributed by atoms with E-state index in [0.29, 0.717) is 12.8 Å². The van der Waals surface area contributed by atoms with E-state index >= 15 is 0 Å². The zero-order valence-corrected chi connectivity index (χ0v) is 39.5. The number of phosphoric acid groups is 1. The Kier molecular flexibility index (Phi) is 36.1. The first-order valence-electron chi connectivity index (χ1n) is 24.1. The number of hydrogen-bond acceptors (Lipinski definition) is 12. The van der Waals surface area contributed by atoms with E-state index in [2.05, 4.69) is 74.6 Å². The Morgan fingerprint density at radius 1 is 0.508 bits per heavy atom. The third kappa shape index (κ3) is 31.2. The van der Waals surface area contributed by atoms with Gasteiger partial charge < -0.3 is 39.9 Å². The van der Waals surface area contributed by atoms with Gasteiger partial charge >= 0.3 is 19.8 Å². The number of carbonyl (C=O) groups excluding carboxylic acids is 2. The number of phosphoric ester groups is 1. The van der Waals surface area contributed by atoms with E-state index in [1.807, 2.05) is 0 Å². The lowest BCUT2D eigenvalue weighted by molar-refractivity contribution is -0.220. The van der Waals surface area contributed by atoms with Gasteiger partial charge in [-0.3, -0.25) is 18.6 Å². The van der Waals surface area contributed by atoms with Gasteiger partial charge in [-0.05, 0) is 77.0 Å². The predicted molar refractivity (Wildman–Crippen MR) is 249 cm³/mol. The number of rotatable bonds is 39. The van der Waals surface area contributed by atoms with Crippen molar-refractivity contribution in [3.8, 4) is 0 Å². The summed E-state index contributed by atoms with van der Waals surface area (Å²) >= 11 is 0. The molecule has 6 atom stereocenters. The summed E-state index contributed by atoms with van der Waals surface area (Å²) in [5.41, 5.74) is 0. The predicted octanol–water partition coefficient (Wildman–Crippen LogP) is 9.73. The fourth-order valence-corrected chi connectivity index (χ4v) is 7.95. The molecule has 0 aromatic rings. The fraction of sp³-hybridized carbons (Fsp3) is 0.755. The highest BCUT2D eigenvalue weighted by atomic mass is 31.2. The van der Waals surface area contributed by atoms with E-state index in [9.17, 15) is 44.6 Å². The molecule has 6 unspecified atom stereocenters. The Morgan fingerprint density at radius 2 is 0.905 bits per heavy atom. The van der Waals surface area contributed by atoms with Crippen molar-refractivity contribution in [3.63, 3.8) is 0 Å². The molecule has 0 aliphatic heterocycles. The molecule has 6 N–H and O–H groups in total. The zero-order valence-electron chi connectivity index (χ0n) is 38.6. The maximum atomic E-state index is 12.8. The van der Waals surface area contributed by atoms with Crippen LogP contribution in [0.2, 0.25) is 0 Å². The largest absolute Gasteiger partial charge is 0.472 e.